The molecule has 0 saturated heterocycles. The molecule has 0 radical (unpaired) electrons. The Morgan fingerprint density at radius 3 is 2.88 bits per heavy atom. The number of nitrogens with one attached hydrogen (secondary N) is 1. The van der Waals surface area contributed by atoms with Crippen LogP contribution in [-0.2, 0) is 13.1 Å². The largest absolute Gasteiger partial charge is 0.468 e. The molecule has 0 spiro atoms. The Bertz CT molecular complexity index is 451. The lowest BCUT2D eigenvalue weighted by Gasteiger charge is -2.06. The summed E-state index contributed by atoms with van der Waals surface area (Å²) in [6.45, 7) is 3.69. The highest BCUT2D eigenvalue weighted by atomic mass is 79.9. The van der Waals surface area contributed by atoms with E-state index in [4.69, 9.17) is 4.42 Å². The third-order valence-corrected chi connectivity index (χ3v) is 3.17. The molecule has 0 fully saturated rings. The Balaban J connectivity index is 1.92. The average Bonchev–Trinajstić information content (AvgIpc) is 2.76. The zero-order chi connectivity index (χ0) is 11.4. The van der Waals surface area contributed by atoms with Gasteiger partial charge in [-0.15, -0.1) is 0 Å². The molecule has 2 nitrogen and oxygen atoms in total. The minimum atomic E-state index is 0.757. The van der Waals surface area contributed by atoms with Crippen LogP contribution in [0.25, 0.3) is 0 Å². The number of rotatable bonds is 4. The van der Waals surface area contributed by atoms with E-state index in [1.165, 1.54) is 11.1 Å². The normalized spacial score (nSPS) is 10.6. The Kier molecular flexibility index (Phi) is 3.80. The number of aryl methyl sites for hydroxylation is 1. The first-order valence-corrected chi connectivity index (χ1v) is 6.03. The van der Waals surface area contributed by atoms with E-state index in [1.807, 2.05) is 12.1 Å². The Morgan fingerprint density at radius 2 is 2.12 bits per heavy atom. The van der Waals surface area contributed by atoms with Gasteiger partial charge in [0.25, 0.3) is 0 Å². The summed E-state index contributed by atoms with van der Waals surface area (Å²) < 4.78 is 6.39. The third kappa shape index (κ3) is 2.97. The van der Waals surface area contributed by atoms with Gasteiger partial charge in [0, 0.05) is 11.0 Å². The lowest BCUT2D eigenvalue weighted by molar-refractivity contribution is 0.483. The minimum Gasteiger partial charge on any atom is -0.468 e. The molecule has 0 saturated carbocycles. The second kappa shape index (κ2) is 5.32. The van der Waals surface area contributed by atoms with Crippen LogP contribution in [0.15, 0.2) is 45.5 Å². The van der Waals surface area contributed by atoms with Crippen LogP contribution in [0.5, 0.6) is 0 Å². The smallest absolute Gasteiger partial charge is 0.117 e. The lowest BCUT2D eigenvalue weighted by atomic mass is 10.1. The van der Waals surface area contributed by atoms with Gasteiger partial charge in [0.2, 0.25) is 0 Å². The minimum absolute atomic E-state index is 0.757. The first-order valence-electron chi connectivity index (χ1n) is 5.24. The summed E-state index contributed by atoms with van der Waals surface area (Å²) in [6, 6.07) is 10.2. The van der Waals surface area contributed by atoms with Gasteiger partial charge >= 0.3 is 0 Å². The molecule has 0 aliphatic heterocycles. The van der Waals surface area contributed by atoms with Crippen molar-refractivity contribution in [2.75, 3.05) is 0 Å². The first-order chi connectivity index (χ1) is 7.75. The van der Waals surface area contributed by atoms with Crippen molar-refractivity contribution in [1.82, 2.24) is 5.32 Å². The van der Waals surface area contributed by atoms with Crippen molar-refractivity contribution in [2.24, 2.45) is 0 Å². The van der Waals surface area contributed by atoms with E-state index in [2.05, 4.69) is 46.4 Å². The predicted molar refractivity (Wildman–Crippen MR) is 68.1 cm³/mol. The van der Waals surface area contributed by atoms with E-state index in [-0.39, 0.29) is 0 Å². The van der Waals surface area contributed by atoms with Gasteiger partial charge in [0.15, 0.2) is 0 Å². The SMILES string of the molecule is Cc1ccc(Br)c(CNCc2ccco2)c1. The average molecular weight is 280 g/mol. The van der Waals surface area contributed by atoms with E-state index in [0.29, 0.717) is 0 Å². The summed E-state index contributed by atoms with van der Waals surface area (Å²) in [5.74, 6) is 0.962. The molecular formula is C13H14BrNO. The van der Waals surface area contributed by atoms with Crippen LogP contribution in [-0.4, -0.2) is 0 Å². The molecule has 1 aromatic carbocycles. The fourth-order valence-corrected chi connectivity index (χ4v) is 1.96. The quantitative estimate of drug-likeness (QED) is 0.925. The first kappa shape index (κ1) is 11.4. The van der Waals surface area contributed by atoms with Crippen LogP contribution in [0.3, 0.4) is 0 Å². The molecule has 0 aliphatic rings. The molecule has 1 aromatic heterocycles. The van der Waals surface area contributed by atoms with Crippen LogP contribution in [0.1, 0.15) is 16.9 Å². The predicted octanol–water partition coefficient (Wildman–Crippen LogP) is 3.64. The highest BCUT2D eigenvalue weighted by molar-refractivity contribution is 9.10. The number of hydrogen-bond acceptors (Lipinski definition) is 2. The molecule has 0 aliphatic carbocycles. The maximum atomic E-state index is 5.25. The van der Waals surface area contributed by atoms with Gasteiger partial charge in [-0.1, -0.05) is 33.6 Å². The summed E-state index contributed by atoms with van der Waals surface area (Å²) in [4.78, 5) is 0. The molecule has 0 unspecified atom stereocenters. The van der Waals surface area contributed by atoms with Gasteiger partial charge in [0.1, 0.15) is 5.76 Å². The molecule has 16 heavy (non-hydrogen) atoms. The second-order valence-electron chi connectivity index (χ2n) is 3.78. The van der Waals surface area contributed by atoms with Crippen molar-refractivity contribution >= 4 is 15.9 Å². The van der Waals surface area contributed by atoms with E-state index in [1.54, 1.807) is 6.26 Å². The standard InChI is InChI=1S/C13H14BrNO/c1-10-4-5-13(14)11(7-10)8-15-9-12-3-2-6-16-12/h2-7,15H,8-9H2,1H3. The fourth-order valence-electron chi connectivity index (χ4n) is 1.57. The van der Waals surface area contributed by atoms with Gasteiger partial charge < -0.3 is 9.73 Å². The fraction of sp³-hybridized carbons (Fsp3) is 0.231. The van der Waals surface area contributed by atoms with E-state index < -0.39 is 0 Å². The Hall–Kier alpha value is -1.06. The van der Waals surface area contributed by atoms with Gasteiger partial charge in [0.05, 0.1) is 12.8 Å². The van der Waals surface area contributed by atoms with Crippen LogP contribution < -0.4 is 5.32 Å². The Labute approximate surface area is 104 Å². The molecule has 1 heterocycles. The topological polar surface area (TPSA) is 25.2 Å². The third-order valence-electron chi connectivity index (χ3n) is 2.40. The molecule has 0 atom stereocenters. The summed E-state index contributed by atoms with van der Waals surface area (Å²) in [7, 11) is 0. The Morgan fingerprint density at radius 1 is 1.25 bits per heavy atom. The van der Waals surface area contributed by atoms with Gasteiger partial charge in [-0.2, -0.15) is 0 Å². The number of furan rings is 1. The van der Waals surface area contributed by atoms with E-state index in [0.717, 1.165) is 23.3 Å². The van der Waals surface area contributed by atoms with Crippen molar-refractivity contribution in [3.63, 3.8) is 0 Å². The number of halogens is 1. The van der Waals surface area contributed by atoms with Crippen molar-refractivity contribution in [3.8, 4) is 0 Å². The monoisotopic (exact) mass is 279 g/mol. The molecule has 0 bridgehead atoms. The van der Waals surface area contributed by atoms with E-state index in [9.17, 15) is 0 Å². The van der Waals surface area contributed by atoms with Crippen LogP contribution in [0.4, 0.5) is 0 Å². The van der Waals surface area contributed by atoms with Gasteiger partial charge in [-0.05, 0) is 30.7 Å². The van der Waals surface area contributed by atoms with Crippen LogP contribution in [0, 0.1) is 6.92 Å². The van der Waals surface area contributed by atoms with E-state index >= 15 is 0 Å². The van der Waals surface area contributed by atoms with Crippen molar-refractivity contribution in [3.05, 3.63) is 58.0 Å². The zero-order valence-corrected chi connectivity index (χ0v) is 10.8. The van der Waals surface area contributed by atoms with Crippen molar-refractivity contribution < 1.29 is 4.42 Å². The van der Waals surface area contributed by atoms with Gasteiger partial charge in [-0.3, -0.25) is 0 Å². The lowest BCUT2D eigenvalue weighted by Crippen LogP contribution is -2.12. The molecule has 84 valence electrons. The summed E-state index contributed by atoms with van der Waals surface area (Å²) in [5.41, 5.74) is 2.55. The molecule has 1 N–H and O–H groups in total. The maximum absolute atomic E-state index is 5.25. The molecular weight excluding hydrogens is 266 g/mol. The molecule has 3 heteroatoms. The van der Waals surface area contributed by atoms with Crippen molar-refractivity contribution in [2.45, 2.75) is 20.0 Å². The number of hydrogen-bond donors (Lipinski definition) is 1. The van der Waals surface area contributed by atoms with Crippen LogP contribution >= 0.6 is 15.9 Å². The molecule has 2 rings (SSSR count). The number of benzene rings is 1. The van der Waals surface area contributed by atoms with Crippen LogP contribution in [0.2, 0.25) is 0 Å². The summed E-state index contributed by atoms with van der Waals surface area (Å²) in [6.07, 6.45) is 1.69. The van der Waals surface area contributed by atoms with Gasteiger partial charge in [-0.25, -0.2) is 0 Å². The highest BCUT2D eigenvalue weighted by Crippen LogP contribution is 2.17. The second-order valence-corrected chi connectivity index (χ2v) is 4.63. The maximum Gasteiger partial charge on any atom is 0.117 e. The highest BCUT2D eigenvalue weighted by Gasteiger charge is 2.00. The summed E-state index contributed by atoms with van der Waals surface area (Å²) >= 11 is 3.55. The zero-order valence-electron chi connectivity index (χ0n) is 9.16. The molecule has 2 aromatic rings. The molecule has 0 amide bonds. The van der Waals surface area contributed by atoms with Crippen molar-refractivity contribution in [1.29, 1.82) is 0 Å². The summed E-state index contributed by atoms with van der Waals surface area (Å²) in [5, 5.41) is 3.35.